The van der Waals surface area contributed by atoms with Gasteiger partial charge in [0.05, 0.1) is 17.0 Å². The molecule has 1 aromatic rings. The van der Waals surface area contributed by atoms with Crippen LogP contribution in [0.5, 0.6) is 0 Å². The second-order valence-corrected chi connectivity index (χ2v) is 9.45. The Labute approximate surface area is 146 Å². The molecule has 1 saturated heterocycles. The first-order chi connectivity index (χ1) is 10.8. The van der Waals surface area contributed by atoms with Crippen LogP contribution in [0.1, 0.15) is 49.0 Å². The highest BCUT2D eigenvalue weighted by Gasteiger charge is 2.25. The summed E-state index contributed by atoms with van der Waals surface area (Å²) in [7, 11) is 0. The number of piperidine rings is 1. The minimum Gasteiger partial charge on any atom is -0.348 e. The molecular weight excluding hydrogens is 330 g/mol. The molecule has 0 bridgehead atoms. The Balaban J connectivity index is 1.77. The summed E-state index contributed by atoms with van der Waals surface area (Å²) in [5.41, 5.74) is 2.47. The molecule has 2 rings (SSSR count). The summed E-state index contributed by atoms with van der Waals surface area (Å²) in [5.74, 6) is 0.687. The fourth-order valence-electron chi connectivity index (χ4n) is 2.41. The van der Waals surface area contributed by atoms with Crippen molar-refractivity contribution >= 4 is 34.9 Å². The lowest BCUT2D eigenvalue weighted by Crippen LogP contribution is -2.47. The molecule has 0 spiro atoms. The van der Waals surface area contributed by atoms with Crippen molar-refractivity contribution in [1.82, 2.24) is 15.2 Å². The Hall–Kier alpha value is -1.08. The summed E-state index contributed by atoms with van der Waals surface area (Å²) in [6.07, 6.45) is 1.63. The van der Waals surface area contributed by atoms with Crippen LogP contribution >= 0.6 is 23.1 Å². The van der Waals surface area contributed by atoms with E-state index in [4.69, 9.17) is 0 Å². The van der Waals surface area contributed by atoms with Gasteiger partial charge in [0, 0.05) is 23.9 Å². The number of hydrogen-bond donors (Lipinski definition) is 1. The number of hydrogen-bond acceptors (Lipinski definition) is 5. The van der Waals surface area contributed by atoms with Crippen molar-refractivity contribution in [1.29, 1.82) is 0 Å². The fraction of sp³-hybridized carbons (Fsp3) is 0.688. The van der Waals surface area contributed by atoms with E-state index in [0.29, 0.717) is 10.6 Å². The summed E-state index contributed by atoms with van der Waals surface area (Å²) in [4.78, 5) is 31.1. The minimum atomic E-state index is -0.0435. The van der Waals surface area contributed by atoms with Crippen LogP contribution in [-0.2, 0) is 4.79 Å². The molecule has 1 aromatic heterocycles. The molecular formula is C16H25N3O2S2. The lowest BCUT2D eigenvalue weighted by atomic mass is 10.0. The fourth-order valence-corrected chi connectivity index (χ4v) is 3.86. The summed E-state index contributed by atoms with van der Waals surface area (Å²) in [6.45, 7) is 9.64. The van der Waals surface area contributed by atoms with E-state index in [9.17, 15) is 9.59 Å². The zero-order valence-corrected chi connectivity index (χ0v) is 15.9. The van der Waals surface area contributed by atoms with Gasteiger partial charge in [-0.1, -0.05) is 20.8 Å². The van der Waals surface area contributed by atoms with Gasteiger partial charge in [-0.15, -0.1) is 23.1 Å². The van der Waals surface area contributed by atoms with Gasteiger partial charge >= 0.3 is 0 Å². The van der Waals surface area contributed by atoms with Crippen molar-refractivity contribution < 1.29 is 9.59 Å². The molecule has 0 saturated carbocycles. The van der Waals surface area contributed by atoms with Crippen molar-refractivity contribution in [3.63, 3.8) is 0 Å². The maximum atomic E-state index is 12.2. The number of thiazole rings is 1. The molecule has 1 fully saturated rings. The largest absolute Gasteiger partial charge is 0.348 e. The average Bonchev–Trinajstić information content (AvgIpc) is 2.91. The van der Waals surface area contributed by atoms with Gasteiger partial charge in [0.15, 0.2) is 0 Å². The van der Waals surface area contributed by atoms with E-state index in [1.165, 1.54) is 11.3 Å². The maximum absolute atomic E-state index is 12.2. The highest BCUT2D eigenvalue weighted by atomic mass is 32.2. The topological polar surface area (TPSA) is 62.3 Å². The molecule has 2 amide bonds. The molecule has 23 heavy (non-hydrogen) atoms. The lowest BCUT2D eigenvalue weighted by molar-refractivity contribution is -0.129. The number of nitrogens with zero attached hydrogens (tertiary/aromatic N) is 2. The molecule has 0 aromatic carbocycles. The predicted octanol–water partition coefficient (Wildman–Crippen LogP) is 2.70. The third-order valence-corrected chi connectivity index (χ3v) is 5.95. The first-order valence-corrected chi connectivity index (χ1v) is 9.75. The average molecular weight is 356 g/mol. The molecule has 7 heteroatoms. The van der Waals surface area contributed by atoms with Crippen LogP contribution in [0.3, 0.4) is 0 Å². The molecule has 0 unspecified atom stereocenters. The van der Waals surface area contributed by atoms with Crippen molar-refractivity contribution in [2.75, 3.05) is 18.8 Å². The Morgan fingerprint density at radius 1 is 1.39 bits per heavy atom. The minimum absolute atomic E-state index is 0.0435. The smallest absolute Gasteiger partial charge is 0.263 e. The first-order valence-electron chi connectivity index (χ1n) is 7.89. The molecule has 1 aliphatic rings. The van der Waals surface area contributed by atoms with E-state index in [1.807, 2.05) is 11.8 Å². The molecule has 5 nitrogen and oxygen atoms in total. The third kappa shape index (κ3) is 5.49. The van der Waals surface area contributed by atoms with Crippen molar-refractivity contribution in [3.8, 4) is 0 Å². The van der Waals surface area contributed by atoms with Gasteiger partial charge in [0.25, 0.3) is 5.91 Å². The van der Waals surface area contributed by atoms with Crippen LogP contribution in [0.2, 0.25) is 0 Å². The second kappa shape index (κ2) is 7.66. The van der Waals surface area contributed by atoms with E-state index < -0.39 is 0 Å². The number of amides is 2. The number of rotatable bonds is 4. The van der Waals surface area contributed by atoms with Crippen LogP contribution in [0, 0.1) is 6.92 Å². The van der Waals surface area contributed by atoms with Gasteiger partial charge in [-0.3, -0.25) is 9.59 Å². The van der Waals surface area contributed by atoms with Gasteiger partial charge < -0.3 is 10.2 Å². The second-order valence-electron chi connectivity index (χ2n) is 6.80. The Morgan fingerprint density at radius 2 is 2.04 bits per heavy atom. The van der Waals surface area contributed by atoms with Gasteiger partial charge in [-0.2, -0.15) is 0 Å². The van der Waals surface area contributed by atoms with E-state index in [0.717, 1.165) is 31.6 Å². The molecule has 2 heterocycles. The number of nitrogens with one attached hydrogen (secondary N) is 1. The zero-order valence-electron chi connectivity index (χ0n) is 14.2. The zero-order chi connectivity index (χ0) is 17.0. The van der Waals surface area contributed by atoms with Crippen LogP contribution < -0.4 is 5.32 Å². The summed E-state index contributed by atoms with van der Waals surface area (Å²) in [6, 6.07) is 0.142. The first kappa shape index (κ1) is 18.3. The van der Waals surface area contributed by atoms with Crippen LogP contribution in [0.15, 0.2) is 5.51 Å². The summed E-state index contributed by atoms with van der Waals surface area (Å²) in [5, 5.41) is 3.07. The quantitative estimate of drug-likeness (QED) is 0.902. The maximum Gasteiger partial charge on any atom is 0.263 e. The number of aromatic nitrogens is 1. The summed E-state index contributed by atoms with van der Waals surface area (Å²) >= 11 is 3.05. The standard InChI is InChI=1S/C16H25N3O2S2/c1-11-14(22-10-17-11)15(21)18-12-5-7-19(8-6-12)13(20)9-23-16(2,3)4/h10,12H,5-9H2,1-4H3,(H,18,21). The highest BCUT2D eigenvalue weighted by Crippen LogP contribution is 2.24. The molecule has 1 aliphatic heterocycles. The van der Waals surface area contributed by atoms with Gasteiger partial charge in [0.1, 0.15) is 4.88 Å². The van der Waals surface area contributed by atoms with Crippen LogP contribution in [0.25, 0.3) is 0 Å². The number of carbonyl (C=O) groups is 2. The molecule has 0 atom stereocenters. The van der Waals surface area contributed by atoms with E-state index in [-0.39, 0.29) is 22.6 Å². The van der Waals surface area contributed by atoms with Gasteiger partial charge in [-0.25, -0.2) is 4.98 Å². The van der Waals surface area contributed by atoms with Crippen LogP contribution in [-0.4, -0.2) is 51.3 Å². The van der Waals surface area contributed by atoms with Crippen molar-refractivity contribution in [2.24, 2.45) is 0 Å². The number of carbonyl (C=O) groups excluding carboxylic acids is 2. The molecule has 128 valence electrons. The van der Waals surface area contributed by atoms with E-state index in [1.54, 1.807) is 17.3 Å². The van der Waals surface area contributed by atoms with Gasteiger partial charge in [0.2, 0.25) is 5.91 Å². The molecule has 0 radical (unpaired) electrons. The SMILES string of the molecule is Cc1ncsc1C(=O)NC1CCN(C(=O)CSC(C)(C)C)CC1. The van der Waals surface area contributed by atoms with E-state index in [2.05, 4.69) is 31.1 Å². The number of aryl methyl sites for hydroxylation is 1. The number of likely N-dealkylation sites (tertiary alicyclic amines) is 1. The monoisotopic (exact) mass is 355 g/mol. The molecule has 1 N–H and O–H groups in total. The highest BCUT2D eigenvalue weighted by molar-refractivity contribution is 8.01. The Bertz CT molecular complexity index is 558. The van der Waals surface area contributed by atoms with Crippen molar-refractivity contribution in [2.45, 2.75) is 51.3 Å². The van der Waals surface area contributed by atoms with Crippen LogP contribution in [0.4, 0.5) is 0 Å². The molecule has 0 aliphatic carbocycles. The summed E-state index contributed by atoms with van der Waals surface area (Å²) < 4.78 is 0.106. The number of thioether (sulfide) groups is 1. The predicted molar refractivity (Wildman–Crippen MR) is 96.1 cm³/mol. The van der Waals surface area contributed by atoms with Crippen molar-refractivity contribution in [3.05, 3.63) is 16.1 Å². The Morgan fingerprint density at radius 3 is 2.57 bits per heavy atom. The van der Waals surface area contributed by atoms with E-state index >= 15 is 0 Å². The van der Waals surface area contributed by atoms with Gasteiger partial charge in [-0.05, 0) is 19.8 Å². The lowest BCUT2D eigenvalue weighted by Gasteiger charge is -2.33. The normalized spacial score (nSPS) is 16.4. The Kier molecular flexibility index (Phi) is 6.08. The third-order valence-electron chi connectivity index (χ3n) is 3.76.